The third-order valence-corrected chi connectivity index (χ3v) is 7.92. The van der Waals surface area contributed by atoms with Crippen LogP contribution in [0.2, 0.25) is 0 Å². The van der Waals surface area contributed by atoms with Crippen molar-refractivity contribution in [3.05, 3.63) is 48.0 Å². The van der Waals surface area contributed by atoms with E-state index in [0.717, 1.165) is 0 Å². The first-order valence-electron chi connectivity index (χ1n) is 11.8. The fraction of sp³-hybridized carbons (Fsp3) is 0.455. The summed E-state index contributed by atoms with van der Waals surface area (Å²) < 4.78 is 67.2. The molecular weight excluding hydrogens is 562 g/mol. The first-order chi connectivity index (χ1) is 18.8. The second kappa shape index (κ2) is 9.91. The van der Waals surface area contributed by atoms with Crippen molar-refractivity contribution in [2.24, 2.45) is 0 Å². The Morgan fingerprint density at radius 2 is 1.95 bits per heavy atom. The van der Waals surface area contributed by atoms with Gasteiger partial charge in [0.05, 0.1) is 6.61 Å². The number of hydrogen-bond acceptors (Lipinski definition) is 12. The standard InChI is InChI=1S/C22H24F2N6O9S/c23-22(24)17(34)10-3-1-2-4-11(10)21(22,35)6-5-13(31)29-40(36,37)38-7-12-15(32)16(33)20(39-12)30-9-28-14-18(25)26-8-27-19(14)30/h1-4,8-9,12,15-17,20,32-35H,5-7H2,(H3,25,26,27,29,31)/p+1/t12-,15-,16-,17-,20-,21-/m1/s1. The molecule has 2 aliphatic rings. The van der Waals surface area contributed by atoms with E-state index in [1.54, 1.807) is 0 Å². The minimum Gasteiger partial charge on any atom is -0.387 e. The number of aliphatic hydroxyl groups excluding tert-OH is 3. The molecule has 1 aliphatic heterocycles. The normalized spacial score (nSPS) is 29.5. The molecule has 216 valence electrons. The highest BCUT2D eigenvalue weighted by Gasteiger charge is 2.64. The SMILES string of the molecule is Nc1ncnc2c1[nH]c[n+]2[C@@H]1O[C@H](COS(=O)(=O)NC(=O)CC[C@@]2(O)c3ccccc3[C@@H](O)C2(F)F)[C@@H](O)[C@H]1O. The Hall–Kier alpha value is -3.39. The van der Waals surface area contributed by atoms with Gasteiger partial charge in [0.25, 0.3) is 0 Å². The predicted octanol–water partition coefficient (Wildman–Crippen LogP) is -1.83. The van der Waals surface area contributed by atoms with Crippen LogP contribution in [0.5, 0.6) is 0 Å². The van der Waals surface area contributed by atoms with Crippen LogP contribution < -0.4 is 15.0 Å². The van der Waals surface area contributed by atoms with E-state index in [9.17, 15) is 42.4 Å². The van der Waals surface area contributed by atoms with Gasteiger partial charge < -0.3 is 30.9 Å². The van der Waals surface area contributed by atoms with E-state index >= 15 is 0 Å². The molecule has 5 rings (SSSR count). The van der Waals surface area contributed by atoms with Crippen LogP contribution in [-0.2, 0) is 29.6 Å². The van der Waals surface area contributed by atoms with Crippen LogP contribution in [0.15, 0.2) is 36.9 Å². The number of fused-ring (bicyclic) bond motifs is 2. The van der Waals surface area contributed by atoms with E-state index in [0.29, 0.717) is 5.52 Å². The van der Waals surface area contributed by atoms with Gasteiger partial charge in [0, 0.05) is 6.42 Å². The smallest absolute Gasteiger partial charge is 0.362 e. The first-order valence-corrected chi connectivity index (χ1v) is 13.3. The molecule has 2 aromatic heterocycles. The second-order valence-corrected chi connectivity index (χ2v) is 10.8. The molecule has 0 saturated carbocycles. The third-order valence-electron chi connectivity index (χ3n) is 7.00. The Morgan fingerprint density at radius 3 is 2.70 bits per heavy atom. The fourth-order valence-corrected chi connectivity index (χ4v) is 5.65. The molecule has 3 heterocycles. The highest BCUT2D eigenvalue weighted by molar-refractivity contribution is 7.85. The average molecular weight is 588 g/mol. The van der Waals surface area contributed by atoms with Crippen molar-refractivity contribution in [2.75, 3.05) is 12.3 Å². The molecule has 1 aromatic carbocycles. The highest BCUT2D eigenvalue weighted by atomic mass is 32.2. The number of carbonyl (C=O) groups excluding carboxylic acids is 1. The summed E-state index contributed by atoms with van der Waals surface area (Å²) in [6.45, 7) is -0.834. The molecule has 8 N–H and O–H groups in total. The van der Waals surface area contributed by atoms with Crippen molar-refractivity contribution in [2.45, 2.75) is 55.0 Å². The lowest BCUT2D eigenvalue weighted by atomic mass is 9.88. The maximum absolute atomic E-state index is 14.7. The number of nitrogens with zero attached hydrogens (tertiary/aromatic N) is 3. The topological polar surface area (TPSA) is 234 Å². The van der Waals surface area contributed by atoms with Gasteiger partial charge in [0.15, 0.2) is 24.1 Å². The van der Waals surface area contributed by atoms with Crippen LogP contribution in [0.4, 0.5) is 14.6 Å². The summed E-state index contributed by atoms with van der Waals surface area (Å²) in [4.78, 5) is 23.0. The number of alkyl halides is 2. The molecule has 6 atom stereocenters. The molecular formula is C22H25F2N6O9S+. The Kier molecular flexibility index (Phi) is 6.97. The molecule has 1 fully saturated rings. The van der Waals surface area contributed by atoms with E-state index in [1.165, 1.54) is 46.2 Å². The number of halogens is 2. The quantitative estimate of drug-likeness (QED) is 0.144. The van der Waals surface area contributed by atoms with Crippen molar-refractivity contribution >= 4 is 33.2 Å². The van der Waals surface area contributed by atoms with Gasteiger partial charge in [0.2, 0.25) is 17.7 Å². The lowest BCUT2D eigenvalue weighted by Gasteiger charge is -2.31. The average Bonchev–Trinajstić information content (AvgIpc) is 3.50. The van der Waals surface area contributed by atoms with Crippen molar-refractivity contribution in [3.8, 4) is 0 Å². The molecule has 0 spiro atoms. The third kappa shape index (κ3) is 4.56. The number of benzene rings is 1. The molecule has 15 nitrogen and oxygen atoms in total. The van der Waals surface area contributed by atoms with Crippen molar-refractivity contribution in [1.82, 2.24) is 19.7 Å². The molecule has 0 unspecified atom stereocenters. The first kappa shape index (κ1) is 28.1. The number of nitrogens with two attached hydrogens (primary N) is 1. The summed E-state index contributed by atoms with van der Waals surface area (Å²) in [5, 5.41) is 41.5. The number of carbonyl (C=O) groups is 1. The molecule has 1 saturated heterocycles. The minimum atomic E-state index is -4.83. The molecule has 1 amide bonds. The highest BCUT2D eigenvalue weighted by Crippen LogP contribution is 2.56. The van der Waals surface area contributed by atoms with Gasteiger partial charge in [0.1, 0.15) is 24.4 Å². The van der Waals surface area contributed by atoms with Gasteiger partial charge in [-0.1, -0.05) is 29.2 Å². The van der Waals surface area contributed by atoms with Crippen molar-refractivity contribution in [3.63, 3.8) is 0 Å². The molecule has 0 radical (unpaired) electrons. The number of nitrogen functional groups attached to an aromatic ring is 1. The monoisotopic (exact) mass is 587 g/mol. The zero-order valence-corrected chi connectivity index (χ0v) is 21.2. The number of anilines is 1. The number of nitrogens with one attached hydrogen (secondary N) is 2. The number of aromatic nitrogens is 4. The second-order valence-electron chi connectivity index (χ2n) is 9.42. The van der Waals surface area contributed by atoms with Gasteiger partial charge >= 0.3 is 21.9 Å². The zero-order chi connectivity index (χ0) is 29.0. The Bertz CT molecular complexity index is 1560. The molecule has 3 aromatic rings. The van der Waals surface area contributed by atoms with Crippen LogP contribution in [0, 0.1) is 0 Å². The van der Waals surface area contributed by atoms with Gasteiger partial charge in [-0.25, -0.2) is 9.29 Å². The van der Waals surface area contributed by atoms with Crippen LogP contribution >= 0.6 is 0 Å². The van der Waals surface area contributed by atoms with Crippen LogP contribution in [-0.4, -0.2) is 80.5 Å². The molecule has 0 bridgehead atoms. The number of aromatic amines is 1. The fourth-order valence-electron chi connectivity index (χ4n) is 4.89. The lowest BCUT2D eigenvalue weighted by Crippen LogP contribution is -2.45. The van der Waals surface area contributed by atoms with Gasteiger partial charge in [-0.05, 0) is 17.5 Å². The van der Waals surface area contributed by atoms with Crippen LogP contribution in [0.3, 0.4) is 0 Å². The summed E-state index contributed by atoms with van der Waals surface area (Å²) in [6.07, 6.45) is -7.33. The number of ether oxygens (including phenoxy) is 1. The molecule has 18 heteroatoms. The molecule has 40 heavy (non-hydrogen) atoms. The minimum absolute atomic E-state index is 0.114. The summed E-state index contributed by atoms with van der Waals surface area (Å²) in [7, 11) is -4.83. The van der Waals surface area contributed by atoms with E-state index in [4.69, 9.17) is 14.7 Å². The van der Waals surface area contributed by atoms with Crippen molar-refractivity contribution in [1.29, 1.82) is 0 Å². The van der Waals surface area contributed by atoms with E-state index < -0.39 is 77.8 Å². The number of aliphatic hydroxyl groups is 4. The van der Waals surface area contributed by atoms with Crippen LogP contribution in [0.1, 0.15) is 36.3 Å². The Balaban J connectivity index is 1.20. The maximum atomic E-state index is 14.7. The zero-order valence-electron chi connectivity index (χ0n) is 20.4. The van der Waals surface area contributed by atoms with E-state index in [1.807, 2.05) is 0 Å². The number of amides is 1. The Morgan fingerprint density at radius 1 is 1.23 bits per heavy atom. The number of H-pyrrole nitrogens is 1. The summed E-state index contributed by atoms with van der Waals surface area (Å²) in [5.74, 6) is -5.21. The van der Waals surface area contributed by atoms with Crippen molar-refractivity contribution < 1.29 is 55.9 Å². The van der Waals surface area contributed by atoms with E-state index in [-0.39, 0.29) is 22.6 Å². The predicted molar refractivity (Wildman–Crippen MR) is 127 cm³/mol. The van der Waals surface area contributed by atoms with Gasteiger partial charge in [-0.15, -0.1) is 0 Å². The maximum Gasteiger partial charge on any atom is 0.362 e. The Labute approximate surface area is 224 Å². The van der Waals surface area contributed by atoms with Gasteiger partial charge in [-0.2, -0.15) is 22.2 Å². The number of rotatable bonds is 8. The number of imidazole rings is 1. The van der Waals surface area contributed by atoms with E-state index in [2.05, 4.69) is 15.0 Å². The molecule has 1 aliphatic carbocycles. The van der Waals surface area contributed by atoms with Crippen LogP contribution in [0.25, 0.3) is 11.2 Å². The summed E-state index contributed by atoms with van der Waals surface area (Å²) in [6, 6.07) is 5.17. The summed E-state index contributed by atoms with van der Waals surface area (Å²) in [5.41, 5.74) is 2.92. The van der Waals surface area contributed by atoms with Gasteiger partial charge in [-0.3, -0.25) is 14.0 Å². The summed E-state index contributed by atoms with van der Waals surface area (Å²) >= 11 is 0. The largest absolute Gasteiger partial charge is 0.387 e. The lowest BCUT2D eigenvalue weighted by molar-refractivity contribution is -0.745. The number of hydrogen-bond donors (Lipinski definition) is 7.